The lowest BCUT2D eigenvalue weighted by atomic mass is 10.1. The summed E-state index contributed by atoms with van der Waals surface area (Å²) in [5.74, 6) is 1.01. The molecular weight excluding hydrogens is 256 g/mol. The fraction of sp³-hybridized carbons (Fsp3) is 0.357. The van der Waals surface area contributed by atoms with Gasteiger partial charge in [-0.1, -0.05) is 13.0 Å². The van der Waals surface area contributed by atoms with Gasteiger partial charge in [-0.25, -0.2) is 4.98 Å². The second-order valence-corrected chi connectivity index (χ2v) is 4.58. The maximum atomic E-state index is 11.1. The summed E-state index contributed by atoms with van der Waals surface area (Å²) in [6.45, 7) is 2.70. The third-order valence-electron chi connectivity index (χ3n) is 3.16. The van der Waals surface area contributed by atoms with Gasteiger partial charge < -0.3 is 9.88 Å². The van der Waals surface area contributed by atoms with E-state index in [-0.39, 0.29) is 10.6 Å². The van der Waals surface area contributed by atoms with E-state index in [4.69, 9.17) is 0 Å². The number of nitro groups is 1. The Bertz CT molecular complexity index is 607. The van der Waals surface area contributed by atoms with Crippen molar-refractivity contribution >= 4 is 11.4 Å². The molecule has 2 rings (SSSR count). The standard InChI is InChI=1S/C14H18N4O2/c1-3-4-14-16-7-8-17(14)10-11-5-6-12(15-2)13(9-11)18(19)20/h5-9,15H,3-4,10H2,1-2H3. The highest BCUT2D eigenvalue weighted by atomic mass is 16.6. The average Bonchev–Trinajstić information content (AvgIpc) is 2.86. The molecule has 0 fully saturated rings. The number of nitrogens with zero attached hydrogens (tertiary/aromatic N) is 3. The van der Waals surface area contributed by atoms with Crippen LogP contribution in [0, 0.1) is 10.1 Å². The van der Waals surface area contributed by atoms with E-state index in [0.717, 1.165) is 24.2 Å². The van der Waals surface area contributed by atoms with Gasteiger partial charge in [-0.05, 0) is 18.1 Å². The molecular formula is C14H18N4O2. The highest BCUT2D eigenvalue weighted by Crippen LogP contribution is 2.25. The number of benzene rings is 1. The predicted octanol–water partition coefficient (Wildman–Crippen LogP) is 2.83. The van der Waals surface area contributed by atoms with E-state index in [1.165, 1.54) is 0 Å². The molecule has 1 heterocycles. The van der Waals surface area contributed by atoms with E-state index in [2.05, 4.69) is 17.2 Å². The highest BCUT2D eigenvalue weighted by Gasteiger charge is 2.14. The zero-order valence-corrected chi connectivity index (χ0v) is 11.7. The van der Waals surface area contributed by atoms with E-state index in [1.54, 1.807) is 25.4 Å². The van der Waals surface area contributed by atoms with Crippen LogP contribution in [0.3, 0.4) is 0 Å². The summed E-state index contributed by atoms with van der Waals surface area (Å²) in [6, 6.07) is 5.25. The number of rotatable bonds is 6. The Labute approximate surface area is 117 Å². The van der Waals surface area contributed by atoms with Crippen molar-refractivity contribution in [3.05, 3.63) is 52.1 Å². The number of nitro benzene ring substituents is 1. The lowest BCUT2D eigenvalue weighted by Crippen LogP contribution is -2.05. The molecule has 20 heavy (non-hydrogen) atoms. The lowest BCUT2D eigenvalue weighted by molar-refractivity contribution is -0.384. The Morgan fingerprint density at radius 1 is 1.45 bits per heavy atom. The second kappa shape index (κ2) is 6.18. The summed E-state index contributed by atoms with van der Waals surface area (Å²) in [6.07, 6.45) is 5.60. The molecule has 0 amide bonds. The first-order valence-electron chi connectivity index (χ1n) is 6.60. The number of hydrogen-bond acceptors (Lipinski definition) is 4. The topological polar surface area (TPSA) is 73.0 Å². The molecule has 0 radical (unpaired) electrons. The average molecular weight is 274 g/mol. The molecule has 0 spiro atoms. The maximum absolute atomic E-state index is 11.1. The molecule has 1 aromatic heterocycles. The van der Waals surface area contributed by atoms with Crippen molar-refractivity contribution in [3.8, 4) is 0 Å². The number of hydrogen-bond donors (Lipinski definition) is 1. The third-order valence-corrected chi connectivity index (χ3v) is 3.16. The minimum Gasteiger partial charge on any atom is -0.383 e. The largest absolute Gasteiger partial charge is 0.383 e. The molecule has 0 saturated carbocycles. The van der Waals surface area contributed by atoms with Gasteiger partial charge in [-0.2, -0.15) is 0 Å². The Balaban J connectivity index is 2.27. The smallest absolute Gasteiger partial charge is 0.292 e. The van der Waals surface area contributed by atoms with Crippen LogP contribution in [0.25, 0.3) is 0 Å². The molecule has 2 aromatic rings. The van der Waals surface area contributed by atoms with E-state index in [9.17, 15) is 10.1 Å². The van der Waals surface area contributed by atoms with Gasteiger partial charge in [0.15, 0.2) is 0 Å². The van der Waals surface area contributed by atoms with Crippen molar-refractivity contribution in [1.82, 2.24) is 9.55 Å². The van der Waals surface area contributed by atoms with Crippen molar-refractivity contribution in [2.24, 2.45) is 0 Å². The summed E-state index contributed by atoms with van der Waals surface area (Å²) in [4.78, 5) is 15.0. The Morgan fingerprint density at radius 3 is 2.90 bits per heavy atom. The molecule has 106 valence electrons. The van der Waals surface area contributed by atoms with Crippen LogP contribution >= 0.6 is 0 Å². The molecule has 0 aliphatic carbocycles. The molecule has 1 aromatic carbocycles. The molecule has 0 bridgehead atoms. The minimum absolute atomic E-state index is 0.0992. The zero-order chi connectivity index (χ0) is 14.5. The van der Waals surface area contributed by atoms with Crippen LogP contribution in [-0.2, 0) is 13.0 Å². The molecule has 1 N–H and O–H groups in total. The first-order chi connectivity index (χ1) is 9.65. The predicted molar refractivity (Wildman–Crippen MR) is 78.0 cm³/mol. The first-order valence-corrected chi connectivity index (χ1v) is 6.60. The summed E-state index contributed by atoms with van der Waals surface area (Å²) in [5.41, 5.74) is 1.52. The van der Waals surface area contributed by atoms with Gasteiger partial charge in [0, 0.05) is 38.5 Å². The summed E-state index contributed by atoms with van der Waals surface area (Å²) >= 11 is 0. The number of nitrogens with one attached hydrogen (secondary N) is 1. The molecule has 0 aliphatic rings. The molecule has 6 heteroatoms. The number of anilines is 1. The molecule has 0 saturated heterocycles. The Hall–Kier alpha value is -2.37. The van der Waals surface area contributed by atoms with Gasteiger partial charge in [0.05, 0.1) is 4.92 Å². The van der Waals surface area contributed by atoms with Crippen LogP contribution in [0.15, 0.2) is 30.6 Å². The lowest BCUT2D eigenvalue weighted by Gasteiger charge is -2.09. The van der Waals surface area contributed by atoms with Crippen LogP contribution in [0.2, 0.25) is 0 Å². The van der Waals surface area contributed by atoms with Gasteiger partial charge >= 0.3 is 0 Å². The second-order valence-electron chi connectivity index (χ2n) is 4.58. The van der Waals surface area contributed by atoms with E-state index >= 15 is 0 Å². The summed E-state index contributed by atoms with van der Waals surface area (Å²) < 4.78 is 2.03. The number of aromatic nitrogens is 2. The molecule has 0 atom stereocenters. The van der Waals surface area contributed by atoms with Crippen molar-refractivity contribution in [2.45, 2.75) is 26.3 Å². The monoisotopic (exact) mass is 274 g/mol. The maximum Gasteiger partial charge on any atom is 0.292 e. The first kappa shape index (κ1) is 14.0. The van der Waals surface area contributed by atoms with Crippen LogP contribution < -0.4 is 5.32 Å². The normalized spacial score (nSPS) is 10.5. The minimum atomic E-state index is -0.365. The SMILES string of the molecule is CCCc1nccn1Cc1ccc(NC)c([N+](=O)[O-])c1. The van der Waals surface area contributed by atoms with Crippen molar-refractivity contribution in [2.75, 3.05) is 12.4 Å². The molecule has 6 nitrogen and oxygen atoms in total. The van der Waals surface area contributed by atoms with Gasteiger partial charge in [0.2, 0.25) is 0 Å². The fourth-order valence-corrected chi connectivity index (χ4v) is 2.17. The molecule has 0 unspecified atom stereocenters. The van der Waals surface area contributed by atoms with E-state index in [1.807, 2.05) is 16.8 Å². The van der Waals surface area contributed by atoms with Gasteiger partial charge in [-0.3, -0.25) is 10.1 Å². The Morgan fingerprint density at radius 2 is 2.25 bits per heavy atom. The third kappa shape index (κ3) is 2.96. The Kier molecular flexibility index (Phi) is 4.34. The van der Waals surface area contributed by atoms with Crippen LogP contribution in [0.1, 0.15) is 24.7 Å². The van der Waals surface area contributed by atoms with Crippen molar-refractivity contribution in [1.29, 1.82) is 0 Å². The zero-order valence-electron chi connectivity index (χ0n) is 11.7. The van der Waals surface area contributed by atoms with Crippen LogP contribution in [0.5, 0.6) is 0 Å². The highest BCUT2D eigenvalue weighted by molar-refractivity contribution is 5.62. The summed E-state index contributed by atoms with van der Waals surface area (Å²) in [7, 11) is 1.68. The van der Waals surface area contributed by atoms with Gasteiger partial charge in [0.25, 0.3) is 5.69 Å². The number of aryl methyl sites for hydroxylation is 1. The van der Waals surface area contributed by atoms with Gasteiger partial charge in [-0.15, -0.1) is 0 Å². The van der Waals surface area contributed by atoms with E-state index < -0.39 is 0 Å². The molecule has 0 aliphatic heterocycles. The van der Waals surface area contributed by atoms with Gasteiger partial charge in [0.1, 0.15) is 11.5 Å². The van der Waals surface area contributed by atoms with Crippen LogP contribution in [-0.4, -0.2) is 21.5 Å². The van der Waals surface area contributed by atoms with Crippen molar-refractivity contribution < 1.29 is 4.92 Å². The quantitative estimate of drug-likeness (QED) is 0.649. The number of imidazole rings is 1. The van der Waals surface area contributed by atoms with Crippen molar-refractivity contribution in [3.63, 3.8) is 0 Å². The summed E-state index contributed by atoms with van der Waals surface area (Å²) in [5, 5.41) is 13.9. The fourth-order valence-electron chi connectivity index (χ4n) is 2.17. The van der Waals surface area contributed by atoms with Crippen LogP contribution in [0.4, 0.5) is 11.4 Å². The van der Waals surface area contributed by atoms with E-state index in [0.29, 0.717) is 12.2 Å².